The number of ether oxygens (including phenoxy) is 2. The van der Waals surface area contributed by atoms with Gasteiger partial charge in [0.15, 0.2) is 5.76 Å². The lowest BCUT2D eigenvalue weighted by molar-refractivity contribution is -0.152. The van der Waals surface area contributed by atoms with Crippen LogP contribution in [0.3, 0.4) is 0 Å². The first-order valence-corrected chi connectivity index (χ1v) is 8.11. The van der Waals surface area contributed by atoms with Crippen molar-refractivity contribution in [2.24, 2.45) is 5.92 Å². The standard InChI is InChI=1S/C18H19NO4/c1-11-7-13-5-6-14(8-16(13)22-11)17-9-15(19-23-17)10-21-18(20)12-3-2-4-12/h5-6,8-9,11-12H,2-4,7,10H2,1H3. The molecular weight excluding hydrogens is 294 g/mol. The summed E-state index contributed by atoms with van der Waals surface area (Å²) in [5.74, 6) is 1.52. The van der Waals surface area contributed by atoms with Gasteiger partial charge in [0, 0.05) is 18.1 Å². The summed E-state index contributed by atoms with van der Waals surface area (Å²) in [6.45, 7) is 2.22. The van der Waals surface area contributed by atoms with Gasteiger partial charge in [0.25, 0.3) is 0 Å². The molecule has 1 atom stereocenters. The number of nitrogens with zero attached hydrogens (tertiary/aromatic N) is 1. The lowest BCUT2D eigenvalue weighted by atomic mass is 9.86. The molecule has 2 aromatic rings. The SMILES string of the molecule is CC1Cc2ccc(-c3cc(COC(=O)C4CCC4)no3)cc2O1. The van der Waals surface area contributed by atoms with Crippen LogP contribution in [0, 0.1) is 5.92 Å². The van der Waals surface area contributed by atoms with Gasteiger partial charge in [-0.1, -0.05) is 23.7 Å². The van der Waals surface area contributed by atoms with Crippen LogP contribution in [0.1, 0.15) is 37.4 Å². The van der Waals surface area contributed by atoms with E-state index in [1.54, 1.807) is 0 Å². The van der Waals surface area contributed by atoms with Crippen molar-refractivity contribution in [1.29, 1.82) is 0 Å². The summed E-state index contributed by atoms with van der Waals surface area (Å²) in [5, 5.41) is 3.98. The monoisotopic (exact) mass is 313 g/mol. The Morgan fingerprint density at radius 3 is 3.00 bits per heavy atom. The highest BCUT2D eigenvalue weighted by molar-refractivity contribution is 5.73. The number of hydrogen-bond acceptors (Lipinski definition) is 5. The first kappa shape index (κ1) is 14.3. The summed E-state index contributed by atoms with van der Waals surface area (Å²) < 4.78 is 16.4. The molecule has 1 aromatic heterocycles. The summed E-state index contributed by atoms with van der Waals surface area (Å²) >= 11 is 0. The maximum atomic E-state index is 11.7. The van der Waals surface area contributed by atoms with E-state index in [1.165, 1.54) is 5.56 Å². The molecule has 0 spiro atoms. The van der Waals surface area contributed by atoms with E-state index in [4.69, 9.17) is 14.0 Å². The van der Waals surface area contributed by atoms with Crippen molar-refractivity contribution < 1.29 is 18.8 Å². The van der Waals surface area contributed by atoms with Gasteiger partial charge in [0.1, 0.15) is 24.2 Å². The predicted octanol–water partition coefficient (Wildman–Crippen LogP) is 3.51. The minimum absolute atomic E-state index is 0.0808. The van der Waals surface area contributed by atoms with E-state index in [1.807, 2.05) is 18.2 Å². The number of fused-ring (bicyclic) bond motifs is 1. The topological polar surface area (TPSA) is 61.6 Å². The summed E-state index contributed by atoms with van der Waals surface area (Å²) in [6, 6.07) is 7.86. The van der Waals surface area contributed by atoms with Crippen LogP contribution in [0.25, 0.3) is 11.3 Å². The summed E-state index contributed by atoms with van der Waals surface area (Å²) in [7, 11) is 0. The van der Waals surface area contributed by atoms with Crippen LogP contribution in [0.15, 0.2) is 28.8 Å². The molecule has 23 heavy (non-hydrogen) atoms. The zero-order valence-corrected chi connectivity index (χ0v) is 13.1. The highest BCUT2D eigenvalue weighted by Crippen LogP contribution is 2.33. The van der Waals surface area contributed by atoms with E-state index >= 15 is 0 Å². The Kier molecular flexibility index (Phi) is 3.56. The molecule has 1 saturated carbocycles. The van der Waals surface area contributed by atoms with E-state index in [0.717, 1.165) is 37.0 Å². The second-order valence-electron chi connectivity index (χ2n) is 6.37. The van der Waals surface area contributed by atoms with Crippen LogP contribution in [-0.2, 0) is 22.6 Å². The molecule has 0 saturated heterocycles. The van der Waals surface area contributed by atoms with E-state index in [-0.39, 0.29) is 24.6 Å². The smallest absolute Gasteiger partial charge is 0.309 e. The molecule has 1 unspecified atom stereocenters. The molecule has 120 valence electrons. The van der Waals surface area contributed by atoms with Crippen molar-refractivity contribution in [2.75, 3.05) is 0 Å². The minimum atomic E-state index is -0.124. The van der Waals surface area contributed by atoms with Gasteiger partial charge in [-0.3, -0.25) is 4.79 Å². The molecular formula is C18H19NO4. The molecule has 5 heteroatoms. The fourth-order valence-electron chi connectivity index (χ4n) is 2.98. The van der Waals surface area contributed by atoms with Crippen LogP contribution in [0.2, 0.25) is 0 Å². The first-order chi connectivity index (χ1) is 11.2. The van der Waals surface area contributed by atoms with Gasteiger partial charge in [-0.25, -0.2) is 0 Å². The highest BCUT2D eigenvalue weighted by atomic mass is 16.5. The normalized spacial score (nSPS) is 19.8. The van der Waals surface area contributed by atoms with Gasteiger partial charge in [-0.2, -0.15) is 0 Å². The number of aromatic nitrogens is 1. The average Bonchev–Trinajstić information content (AvgIpc) is 3.07. The van der Waals surface area contributed by atoms with E-state index in [0.29, 0.717) is 11.5 Å². The molecule has 2 heterocycles. The maximum Gasteiger partial charge on any atom is 0.309 e. The largest absolute Gasteiger partial charge is 0.490 e. The third-order valence-electron chi connectivity index (χ3n) is 4.55. The number of hydrogen-bond donors (Lipinski definition) is 0. The number of carbonyl (C=O) groups is 1. The van der Waals surface area contributed by atoms with Crippen LogP contribution in [0.5, 0.6) is 5.75 Å². The van der Waals surface area contributed by atoms with Crippen LogP contribution in [0.4, 0.5) is 0 Å². The quantitative estimate of drug-likeness (QED) is 0.808. The van der Waals surface area contributed by atoms with Gasteiger partial charge in [0.2, 0.25) is 0 Å². The highest BCUT2D eigenvalue weighted by Gasteiger charge is 2.27. The summed E-state index contributed by atoms with van der Waals surface area (Å²) in [4.78, 5) is 11.7. The molecule has 1 aliphatic heterocycles. The van der Waals surface area contributed by atoms with E-state index < -0.39 is 0 Å². The van der Waals surface area contributed by atoms with Gasteiger partial charge in [-0.15, -0.1) is 0 Å². The Morgan fingerprint density at radius 1 is 1.35 bits per heavy atom. The number of esters is 1. The molecule has 2 aliphatic rings. The molecule has 0 N–H and O–H groups in total. The summed E-state index contributed by atoms with van der Waals surface area (Å²) in [5.41, 5.74) is 2.76. The van der Waals surface area contributed by atoms with Crippen molar-refractivity contribution in [3.8, 4) is 17.1 Å². The number of carbonyl (C=O) groups excluding carboxylic acids is 1. The molecule has 0 bridgehead atoms. The molecule has 4 rings (SSSR count). The first-order valence-electron chi connectivity index (χ1n) is 8.11. The molecule has 0 amide bonds. The lowest BCUT2D eigenvalue weighted by Crippen LogP contribution is -2.23. The third kappa shape index (κ3) is 2.83. The molecule has 1 fully saturated rings. The molecule has 5 nitrogen and oxygen atoms in total. The van der Waals surface area contributed by atoms with Gasteiger partial charge >= 0.3 is 5.97 Å². The number of rotatable bonds is 4. The lowest BCUT2D eigenvalue weighted by Gasteiger charge is -2.22. The zero-order chi connectivity index (χ0) is 15.8. The molecule has 1 aromatic carbocycles. The van der Waals surface area contributed by atoms with Crippen molar-refractivity contribution in [3.05, 3.63) is 35.5 Å². The Balaban J connectivity index is 1.43. The van der Waals surface area contributed by atoms with Crippen molar-refractivity contribution in [2.45, 2.75) is 45.3 Å². The molecule has 0 radical (unpaired) electrons. The second kappa shape index (κ2) is 5.72. The van der Waals surface area contributed by atoms with Gasteiger partial charge in [0.05, 0.1) is 5.92 Å². The fourth-order valence-corrected chi connectivity index (χ4v) is 2.98. The fraction of sp³-hybridized carbons (Fsp3) is 0.444. The molecule has 1 aliphatic carbocycles. The minimum Gasteiger partial charge on any atom is -0.490 e. The second-order valence-corrected chi connectivity index (χ2v) is 6.37. The van der Waals surface area contributed by atoms with Crippen LogP contribution < -0.4 is 4.74 Å². The number of benzene rings is 1. The van der Waals surface area contributed by atoms with Crippen molar-refractivity contribution in [3.63, 3.8) is 0 Å². The average molecular weight is 313 g/mol. The van der Waals surface area contributed by atoms with Gasteiger partial charge in [-0.05, 0) is 31.4 Å². The maximum absolute atomic E-state index is 11.7. The Labute approximate surface area is 134 Å². The van der Waals surface area contributed by atoms with Crippen LogP contribution in [-0.4, -0.2) is 17.2 Å². The van der Waals surface area contributed by atoms with Crippen molar-refractivity contribution >= 4 is 5.97 Å². The predicted molar refractivity (Wildman–Crippen MR) is 82.9 cm³/mol. The Bertz CT molecular complexity index is 732. The Hall–Kier alpha value is -2.30. The van der Waals surface area contributed by atoms with Gasteiger partial charge < -0.3 is 14.0 Å². The third-order valence-corrected chi connectivity index (χ3v) is 4.55. The van der Waals surface area contributed by atoms with E-state index in [9.17, 15) is 4.79 Å². The van der Waals surface area contributed by atoms with E-state index in [2.05, 4.69) is 18.1 Å². The zero-order valence-electron chi connectivity index (χ0n) is 13.1. The Morgan fingerprint density at radius 2 is 2.22 bits per heavy atom. The summed E-state index contributed by atoms with van der Waals surface area (Å²) in [6.07, 6.45) is 4.16. The van der Waals surface area contributed by atoms with Crippen LogP contribution >= 0.6 is 0 Å². The van der Waals surface area contributed by atoms with Crippen molar-refractivity contribution in [1.82, 2.24) is 5.16 Å².